The average Bonchev–Trinajstić information content (AvgIpc) is 3.29. The van der Waals surface area contributed by atoms with Crippen LogP contribution in [0.4, 0.5) is 0 Å². The van der Waals surface area contributed by atoms with E-state index in [0.29, 0.717) is 6.54 Å². The van der Waals surface area contributed by atoms with Crippen molar-refractivity contribution in [2.24, 2.45) is 0 Å². The molecule has 0 spiro atoms. The number of rotatable bonds is 14. The summed E-state index contributed by atoms with van der Waals surface area (Å²) in [6.45, 7) is 6.54. The van der Waals surface area contributed by atoms with E-state index in [-0.39, 0.29) is 5.91 Å². The zero-order valence-corrected chi connectivity index (χ0v) is 22.7. The van der Waals surface area contributed by atoms with Gasteiger partial charge in [-0.3, -0.25) is 4.79 Å². The van der Waals surface area contributed by atoms with Gasteiger partial charge >= 0.3 is 0 Å². The zero-order chi connectivity index (χ0) is 26.6. The Morgan fingerprint density at radius 1 is 0.921 bits per heavy atom. The number of carbonyl (C=O) groups is 1. The molecule has 0 saturated carbocycles. The summed E-state index contributed by atoms with van der Waals surface area (Å²) >= 11 is 0. The molecule has 0 fully saturated rings. The number of hydrogen-bond acceptors (Lipinski definition) is 3. The first-order valence-electron chi connectivity index (χ1n) is 13.8. The van der Waals surface area contributed by atoms with E-state index < -0.39 is 0 Å². The van der Waals surface area contributed by atoms with Gasteiger partial charge in [-0.1, -0.05) is 61.0 Å². The van der Waals surface area contributed by atoms with Crippen molar-refractivity contribution in [1.82, 2.24) is 14.9 Å². The number of para-hydroxylation sites is 2. The maximum absolute atomic E-state index is 12.1. The van der Waals surface area contributed by atoms with Crippen LogP contribution in [0.1, 0.15) is 54.6 Å². The van der Waals surface area contributed by atoms with Gasteiger partial charge in [-0.25, -0.2) is 4.98 Å². The number of nitrogens with zero attached hydrogens (tertiary/aromatic N) is 2. The number of fused-ring (bicyclic) bond motifs is 1. The van der Waals surface area contributed by atoms with Crippen LogP contribution in [0.3, 0.4) is 0 Å². The summed E-state index contributed by atoms with van der Waals surface area (Å²) in [6, 6.07) is 24.6. The number of carbonyl (C=O) groups excluding carboxylic acids is 1. The molecule has 198 valence electrons. The smallest absolute Gasteiger partial charge is 0.243 e. The van der Waals surface area contributed by atoms with Crippen molar-refractivity contribution in [3.05, 3.63) is 101 Å². The minimum absolute atomic E-state index is 0.0443. The molecule has 0 atom stereocenters. The lowest BCUT2D eigenvalue weighted by atomic mass is 10.1. The Balaban J connectivity index is 1.20. The molecule has 1 amide bonds. The van der Waals surface area contributed by atoms with Crippen molar-refractivity contribution in [1.29, 1.82) is 0 Å². The number of aryl methyl sites for hydroxylation is 4. The van der Waals surface area contributed by atoms with Crippen molar-refractivity contribution in [3.63, 3.8) is 0 Å². The number of benzene rings is 3. The van der Waals surface area contributed by atoms with Crippen molar-refractivity contribution < 1.29 is 9.53 Å². The van der Waals surface area contributed by atoms with Gasteiger partial charge in [-0.2, -0.15) is 0 Å². The monoisotopic (exact) mass is 509 g/mol. The third-order valence-electron chi connectivity index (χ3n) is 6.71. The van der Waals surface area contributed by atoms with E-state index in [1.807, 2.05) is 36.4 Å². The first-order chi connectivity index (χ1) is 18.6. The highest BCUT2D eigenvalue weighted by atomic mass is 16.5. The second-order valence-corrected chi connectivity index (χ2v) is 9.84. The van der Waals surface area contributed by atoms with E-state index in [1.54, 1.807) is 6.08 Å². The number of amides is 1. The van der Waals surface area contributed by atoms with Crippen LogP contribution in [0.25, 0.3) is 17.1 Å². The van der Waals surface area contributed by atoms with E-state index in [9.17, 15) is 4.79 Å². The zero-order valence-electron chi connectivity index (χ0n) is 22.7. The highest BCUT2D eigenvalue weighted by Gasteiger charge is 2.10. The fraction of sp³-hybridized carbons (Fsp3) is 0.333. The van der Waals surface area contributed by atoms with Gasteiger partial charge < -0.3 is 14.6 Å². The summed E-state index contributed by atoms with van der Waals surface area (Å²) in [5.41, 5.74) is 5.70. The van der Waals surface area contributed by atoms with Crippen LogP contribution in [0.15, 0.2) is 78.9 Å². The Morgan fingerprint density at radius 3 is 2.61 bits per heavy atom. The van der Waals surface area contributed by atoms with Crippen LogP contribution in [0.2, 0.25) is 0 Å². The Morgan fingerprint density at radius 2 is 1.74 bits per heavy atom. The Bertz CT molecular complexity index is 1340. The van der Waals surface area contributed by atoms with Crippen molar-refractivity contribution in [2.45, 2.75) is 58.9 Å². The van der Waals surface area contributed by atoms with Crippen LogP contribution >= 0.6 is 0 Å². The summed E-state index contributed by atoms with van der Waals surface area (Å²) in [4.78, 5) is 17.0. The molecule has 0 aliphatic carbocycles. The van der Waals surface area contributed by atoms with Crippen molar-refractivity contribution >= 4 is 23.0 Å². The topological polar surface area (TPSA) is 56.1 Å². The molecule has 5 nitrogen and oxygen atoms in total. The van der Waals surface area contributed by atoms with Crippen molar-refractivity contribution in [3.8, 4) is 5.75 Å². The molecule has 1 aromatic heterocycles. The highest BCUT2D eigenvalue weighted by Crippen LogP contribution is 2.21. The molecule has 0 unspecified atom stereocenters. The summed E-state index contributed by atoms with van der Waals surface area (Å²) < 4.78 is 8.43. The molecular weight excluding hydrogens is 470 g/mol. The maximum atomic E-state index is 12.1. The van der Waals surface area contributed by atoms with E-state index in [2.05, 4.69) is 66.2 Å². The predicted octanol–water partition coefficient (Wildman–Crippen LogP) is 7.05. The molecule has 3 aromatic carbocycles. The highest BCUT2D eigenvalue weighted by molar-refractivity contribution is 5.91. The molecule has 1 heterocycles. The van der Waals surface area contributed by atoms with Gasteiger partial charge in [-0.15, -0.1) is 0 Å². The molecule has 0 aliphatic rings. The lowest BCUT2D eigenvalue weighted by Crippen LogP contribution is -2.22. The predicted molar refractivity (Wildman–Crippen MR) is 156 cm³/mol. The van der Waals surface area contributed by atoms with Gasteiger partial charge in [0.25, 0.3) is 0 Å². The number of aromatic nitrogens is 2. The fourth-order valence-electron chi connectivity index (χ4n) is 4.57. The van der Waals surface area contributed by atoms with Crippen LogP contribution < -0.4 is 10.1 Å². The molecule has 5 heteroatoms. The van der Waals surface area contributed by atoms with E-state index in [0.717, 1.165) is 74.3 Å². The molecule has 4 rings (SSSR count). The molecule has 1 N–H and O–H groups in total. The van der Waals surface area contributed by atoms with Crippen LogP contribution in [-0.2, 0) is 17.8 Å². The molecule has 38 heavy (non-hydrogen) atoms. The molecular formula is C33H39N3O2. The second kappa shape index (κ2) is 14.2. The molecule has 0 aliphatic heterocycles. The third kappa shape index (κ3) is 8.07. The normalized spacial score (nSPS) is 11.3. The summed E-state index contributed by atoms with van der Waals surface area (Å²) in [7, 11) is 0. The Hall–Kier alpha value is -3.86. The SMILES string of the molecule is Cc1ccc(C)c(OCCCCn2c(CCCCCNC(=O)/C=C/c3ccccc3)nc3ccccc32)c1. The van der Waals surface area contributed by atoms with Gasteiger partial charge in [0.1, 0.15) is 11.6 Å². The molecule has 0 radical (unpaired) electrons. The first-order valence-corrected chi connectivity index (χ1v) is 13.8. The maximum Gasteiger partial charge on any atom is 0.243 e. The standard InChI is InChI=1S/C33H39N3O2/c1-26-18-19-27(2)31(25-26)38-24-12-11-23-36-30-16-9-8-15-29(30)35-32(36)17-7-4-10-22-34-33(37)21-20-28-13-5-3-6-14-28/h3,5-6,8-9,13-16,18-21,25H,4,7,10-12,17,22-24H2,1-2H3,(H,34,37)/b21-20+. The number of imidazole rings is 1. The first kappa shape index (κ1) is 27.2. The minimum atomic E-state index is -0.0443. The summed E-state index contributed by atoms with van der Waals surface area (Å²) in [5.74, 6) is 2.09. The lowest BCUT2D eigenvalue weighted by Gasteiger charge is -2.12. The van der Waals surface area contributed by atoms with E-state index in [1.165, 1.54) is 16.6 Å². The van der Waals surface area contributed by atoms with Gasteiger partial charge in [0.2, 0.25) is 5.91 Å². The Labute approximate surface area is 226 Å². The number of ether oxygens (including phenoxy) is 1. The van der Waals surface area contributed by atoms with Gasteiger partial charge in [-0.05, 0) is 80.5 Å². The van der Waals surface area contributed by atoms with Gasteiger partial charge in [0.05, 0.1) is 17.6 Å². The fourth-order valence-corrected chi connectivity index (χ4v) is 4.57. The van der Waals surface area contributed by atoms with Crippen LogP contribution in [0, 0.1) is 13.8 Å². The van der Waals surface area contributed by atoms with Crippen LogP contribution in [-0.4, -0.2) is 28.6 Å². The quantitative estimate of drug-likeness (QED) is 0.146. The largest absolute Gasteiger partial charge is 0.493 e. The minimum Gasteiger partial charge on any atom is -0.493 e. The van der Waals surface area contributed by atoms with Gasteiger partial charge in [0, 0.05) is 25.6 Å². The summed E-state index contributed by atoms with van der Waals surface area (Å²) in [5, 5.41) is 2.98. The van der Waals surface area contributed by atoms with E-state index >= 15 is 0 Å². The van der Waals surface area contributed by atoms with Gasteiger partial charge in [0.15, 0.2) is 0 Å². The summed E-state index contributed by atoms with van der Waals surface area (Å²) in [6.07, 6.45) is 9.49. The lowest BCUT2D eigenvalue weighted by molar-refractivity contribution is -0.116. The number of unbranched alkanes of at least 4 members (excludes halogenated alkanes) is 3. The number of hydrogen-bond donors (Lipinski definition) is 1. The molecule has 0 saturated heterocycles. The average molecular weight is 510 g/mol. The molecule has 0 bridgehead atoms. The Kier molecular flexibility index (Phi) is 10.1. The van der Waals surface area contributed by atoms with Crippen LogP contribution in [0.5, 0.6) is 5.75 Å². The molecule has 4 aromatic rings. The van der Waals surface area contributed by atoms with Crippen molar-refractivity contribution in [2.75, 3.05) is 13.2 Å². The third-order valence-corrected chi connectivity index (χ3v) is 6.71. The number of nitrogens with one attached hydrogen (secondary N) is 1. The van der Waals surface area contributed by atoms with E-state index in [4.69, 9.17) is 9.72 Å². The second-order valence-electron chi connectivity index (χ2n) is 9.84.